The number of carboxylic acids is 1. The predicted molar refractivity (Wildman–Crippen MR) is 72.5 cm³/mol. The third-order valence-electron chi connectivity index (χ3n) is 2.81. The fourth-order valence-electron chi connectivity index (χ4n) is 1.67. The second-order valence-electron chi connectivity index (χ2n) is 4.63. The summed E-state index contributed by atoms with van der Waals surface area (Å²) < 4.78 is 5.07. The van der Waals surface area contributed by atoms with Gasteiger partial charge in [0, 0.05) is 24.7 Å². The lowest BCUT2D eigenvalue weighted by Crippen LogP contribution is -2.11. The first-order valence-electron chi connectivity index (χ1n) is 6.36. The van der Waals surface area contributed by atoms with Gasteiger partial charge >= 0.3 is 5.97 Å². The molecule has 1 aromatic heterocycles. The van der Waals surface area contributed by atoms with E-state index in [4.69, 9.17) is 9.84 Å². The molecule has 6 heteroatoms. The van der Waals surface area contributed by atoms with Crippen molar-refractivity contribution in [3.05, 3.63) is 11.8 Å². The maximum Gasteiger partial charge on any atom is 0.303 e. The minimum atomic E-state index is -0.744. The maximum atomic E-state index is 10.5. The van der Waals surface area contributed by atoms with Crippen LogP contribution in [0.3, 0.4) is 0 Å². The molecule has 0 aromatic carbocycles. The van der Waals surface area contributed by atoms with Crippen molar-refractivity contribution in [2.45, 2.75) is 33.1 Å². The molecule has 0 fully saturated rings. The summed E-state index contributed by atoms with van der Waals surface area (Å²) in [6.07, 6.45) is 1.79. The lowest BCUT2D eigenvalue weighted by molar-refractivity contribution is -0.137. The van der Waals surface area contributed by atoms with E-state index in [1.54, 1.807) is 13.2 Å². The van der Waals surface area contributed by atoms with Crippen molar-refractivity contribution in [2.24, 2.45) is 5.92 Å². The van der Waals surface area contributed by atoms with Gasteiger partial charge < -0.3 is 15.2 Å². The van der Waals surface area contributed by atoms with E-state index >= 15 is 0 Å². The lowest BCUT2D eigenvalue weighted by Gasteiger charge is -2.11. The highest BCUT2D eigenvalue weighted by atomic mass is 16.5. The molecule has 19 heavy (non-hydrogen) atoms. The number of carboxylic acid groups (broad SMARTS) is 1. The van der Waals surface area contributed by atoms with Crippen molar-refractivity contribution >= 4 is 11.9 Å². The number of rotatable bonds is 8. The summed E-state index contributed by atoms with van der Waals surface area (Å²) in [5.41, 5.74) is 0.841. The van der Waals surface area contributed by atoms with Gasteiger partial charge in [-0.2, -0.15) is 4.98 Å². The quantitative estimate of drug-likeness (QED) is 0.750. The fourth-order valence-corrected chi connectivity index (χ4v) is 1.67. The molecule has 0 aliphatic carbocycles. The Morgan fingerprint density at radius 1 is 1.47 bits per heavy atom. The van der Waals surface area contributed by atoms with Crippen LogP contribution in [0.15, 0.2) is 6.07 Å². The van der Waals surface area contributed by atoms with E-state index in [1.807, 2.05) is 13.8 Å². The summed E-state index contributed by atoms with van der Waals surface area (Å²) in [6, 6.07) is 1.76. The number of anilines is 1. The molecule has 0 amide bonds. The molecule has 0 aliphatic heterocycles. The highest BCUT2D eigenvalue weighted by Gasteiger charge is 2.06. The number of methoxy groups -OCH3 is 1. The zero-order chi connectivity index (χ0) is 14.3. The van der Waals surface area contributed by atoms with Crippen LogP contribution in [0, 0.1) is 12.8 Å². The van der Waals surface area contributed by atoms with Gasteiger partial charge in [0.05, 0.1) is 7.11 Å². The number of hydrogen-bond donors (Lipinski definition) is 2. The Bertz CT molecular complexity index is 424. The van der Waals surface area contributed by atoms with Crippen LogP contribution < -0.4 is 10.1 Å². The number of nitrogens with zero attached hydrogens (tertiary/aromatic N) is 2. The summed E-state index contributed by atoms with van der Waals surface area (Å²) in [5, 5.41) is 11.7. The molecule has 0 bridgehead atoms. The Labute approximate surface area is 113 Å². The summed E-state index contributed by atoms with van der Waals surface area (Å²) in [5.74, 6) is 0.693. The molecular weight excluding hydrogens is 246 g/mol. The molecule has 2 N–H and O–H groups in total. The fraction of sp³-hybridized carbons (Fsp3) is 0.615. The Kier molecular flexibility index (Phi) is 6.05. The average Bonchev–Trinajstić information content (AvgIpc) is 2.35. The molecular formula is C13H21N3O3. The first-order chi connectivity index (χ1) is 9.01. The van der Waals surface area contributed by atoms with Crippen LogP contribution in [0.4, 0.5) is 5.95 Å². The Hall–Kier alpha value is -1.85. The maximum absolute atomic E-state index is 10.5. The molecule has 1 unspecified atom stereocenters. The van der Waals surface area contributed by atoms with Crippen molar-refractivity contribution in [1.82, 2.24) is 9.97 Å². The van der Waals surface area contributed by atoms with Crippen LogP contribution >= 0.6 is 0 Å². The Balaban J connectivity index is 2.36. The zero-order valence-electron chi connectivity index (χ0n) is 11.6. The van der Waals surface area contributed by atoms with Gasteiger partial charge in [-0.05, 0) is 25.7 Å². The number of aromatic nitrogens is 2. The summed E-state index contributed by atoms with van der Waals surface area (Å²) in [4.78, 5) is 18.9. The standard InChI is InChI=1S/C13H21N3O3/c1-9(4-5-12(17)18)6-7-14-13-15-10(2)8-11(16-13)19-3/h8-9H,4-7H2,1-3H3,(H,17,18)(H,14,15,16). The van der Waals surface area contributed by atoms with Crippen molar-refractivity contribution in [1.29, 1.82) is 0 Å². The smallest absolute Gasteiger partial charge is 0.303 e. The van der Waals surface area contributed by atoms with Crippen LogP contribution in [0.25, 0.3) is 0 Å². The van der Waals surface area contributed by atoms with E-state index in [1.165, 1.54) is 0 Å². The topological polar surface area (TPSA) is 84.3 Å². The predicted octanol–water partition coefficient (Wildman–Crippen LogP) is 2.10. The molecule has 0 saturated carbocycles. The zero-order valence-corrected chi connectivity index (χ0v) is 11.6. The van der Waals surface area contributed by atoms with Gasteiger partial charge in [-0.15, -0.1) is 0 Å². The van der Waals surface area contributed by atoms with Crippen molar-refractivity contribution in [3.8, 4) is 5.88 Å². The summed E-state index contributed by atoms with van der Waals surface area (Å²) >= 11 is 0. The van der Waals surface area contributed by atoms with Gasteiger partial charge in [0.2, 0.25) is 11.8 Å². The third-order valence-corrected chi connectivity index (χ3v) is 2.81. The molecule has 1 aromatic rings. The van der Waals surface area contributed by atoms with Crippen molar-refractivity contribution in [3.63, 3.8) is 0 Å². The first kappa shape index (κ1) is 15.2. The van der Waals surface area contributed by atoms with Crippen LogP contribution in [-0.4, -0.2) is 34.7 Å². The number of aliphatic carboxylic acids is 1. The minimum Gasteiger partial charge on any atom is -0.481 e. The molecule has 106 valence electrons. The largest absolute Gasteiger partial charge is 0.481 e. The normalized spacial score (nSPS) is 11.9. The van der Waals surface area contributed by atoms with Gasteiger partial charge in [-0.3, -0.25) is 4.79 Å². The minimum absolute atomic E-state index is 0.218. The van der Waals surface area contributed by atoms with Crippen LogP contribution in [-0.2, 0) is 4.79 Å². The molecule has 6 nitrogen and oxygen atoms in total. The van der Waals surface area contributed by atoms with E-state index in [2.05, 4.69) is 15.3 Å². The van der Waals surface area contributed by atoms with E-state index in [-0.39, 0.29) is 6.42 Å². The van der Waals surface area contributed by atoms with Gasteiger partial charge in [-0.25, -0.2) is 4.98 Å². The molecule has 0 saturated heterocycles. The van der Waals surface area contributed by atoms with Gasteiger partial charge in [0.1, 0.15) is 0 Å². The Morgan fingerprint density at radius 3 is 2.84 bits per heavy atom. The summed E-state index contributed by atoms with van der Waals surface area (Å²) in [7, 11) is 1.57. The lowest BCUT2D eigenvalue weighted by atomic mass is 10.0. The van der Waals surface area contributed by atoms with E-state index in [9.17, 15) is 4.79 Å². The molecule has 1 rings (SSSR count). The van der Waals surface area contributed by atoms with Gasteiger partial charge in [0.15, 0.2) is 0 Å². The number of ether oxygens (including phenoxy) is 1. The molecule has 0 aliphatic rings. The average molecular weight is 267 g/mol. The first-order valence-corrected chi connectivity index (χ1v) is 6.36. The Morgan fingerprint density at radius 2 is 2.21 bits per heavy atom. The van der Waals surface area contributed by atoms with Gasteiger partial charge in [-0.1, -0.05) is 6.92 Å². The third kappa shape index (κ3) is 6.03. The van der Waals surface area contributed by atoms with Crippen molar-refractivity contribution in [2.75, 3.05) is 19.0 Å². The number of aryl methyl sites for hydroxylation is 1. The molecule has 0 radical (unpaired) electrons. The monoisotopic (exact) mass is 267 g/mol. The molecule has 1 atom stereocenters. The second kappa shape index (κ2) is 7.56. The van der Waals surface area contributed by atoms with E-state index in [0.29, 0.717) is 30.7 Å². The number of carbonyl (C=O) groups is 1. The van der Waals surface area contributed by atoms with Crippen LogP contribution in [0.5, 0.6) is 5.88 Å². The SMILES string of the molecule is COc1cc(C)nc(NCCC(C)CCC(=O)O)n1. The van der Waals surface area contributed by atoms with Gasteiger partial charge in [0.25, 0.3) is 0 Å². The molecule has 0 spiro atoms. The number of hydrogen-bond acceptors (Lipinski definition) is 5. The van der Waals surface area contributed by atoms with E-state index in [0.717, 1.165) is 12.1 Å². The van der Waals surface area contributed by atoms with Crippen molar-refractivity contribution < 1.29 is 14.6 Å². The highest BCUT2D eigenvalue weighted by Crippen LogP contribution is 2.13. The van der Waals surface area contributed by atoms with Crippen LogP contribution in [0.2, 0.25) is 0 Å². The number of nitrogens with one attached hydrogen (secondary N) is 1. The molecule has 1 heterocycles. The summed E-state index contributed by atoms with van der Waals surface area (Å²) in [6.45, 7) is 4.64. The second-order valence-corrected chi connectivity index (χ2v) is 4.63. The van der Waals surface area contributed by atoms with Crippen LogP contribution in [0.1, 0.15) is 31.9 Å². The highest BCUT2D eigenvalue weighted by molar-refractivity contribution is 5.66. The van der Waals surface area contributed by atoms with E-state index < -0.39 is 5.97 Å².